The minimum atomic E-state index is -1.00. The van der Waals surface area contributed by atoms with Crippen LogP contribution in [0.25, 0.3) is 0 Å². The summed E-state index contributed by atoms with van der Waals surface area (Å²) in [6.07, 6.45) is 0. The number of hydrogen-bond acceptors (Lipinski definition) is 1. The molecule has 4 unspecified atom stereocenters. The van der Waals surface area contributed by atoms with Crippen molar-refractivity contribution < 1.29 is 0 Å². The molecule has 11 heteroatoms. The van der Waals surface area contributed by atoms with Gasteiger partial charge in [0.05, 0.1) is 60.5 Å². The Kier molecular flexibility index (Phi) is 7.66. The van der Waals surface area contributed by atoms with E-state index in [4.69, 9.17) is 116 Å². The van der Waals surface area contributed by atoms with Crippen molar-refractivity contribution >= 4 is 128 Å². The lowest BCUT2D eigenvalue weighted by atomic mass is 9.99. The average Bonchev–Trinajstić information content (AvgIpc) is 2.59. The molecule has 0 spiro atoms. The van der Waals surface area contributed by atoms with E-state index in [9.17, 15) is 0 Å². The second-order valence-corrected chi connectivity index (χ2v) is 11.5. The lowest BCUT2D eigenvalue weighted by molar-refractivity contribution is 0.720. The van der Waals surface area contributed by atoms with Gasteiger partial charge in [-0.25, -0.2) is 0 Å². The van der Waals surface area contributed by atoms with Crippen LogP contribution in [0.15, 0.2) is 40.3 Å². The zero-order chi connectivity index (χ0) is 19.5. The van der Waals surface area contributed by atoms with Crippen LogP contribution in [0.2, 0.25) is 0 Å². The van der Waals surface area contributed by atoms with Crippen LogP contribution in [0.5, 0.6) is 0 Å². The van der Waals surface area contributed by atoms with Crippen LogP contribution in [-0.2, 0) is 0 Å². The molecule has 25 heavy (non-hydrogen) atoms. The predicted molar refractivity (Wildman–Crippen MR) is 119 cm³/mol. The molecule has 0 radical (unpaired) electrons. The highest BCUT2D eigenvalue weighted by atomic mass is 35.5. The largest absolute Gasteiger partial charge is 0.133 e. The summed E-state index contributed by atoms with van der Waals surface area (Å²) in [6.45, 7) is 3.51. The van der Waals surface area contributed by atoms with Crippen LogP contribution in [0.1, 0.15) is 13.8 Å². The molecule has 0 aromatic rings. The first kappa shape index (κ1) is 23.5. The summed E-state index contributed by atoms with van der Waals surface area (Å²) in [5.41, 5.74) is 0. The second kappa shape index (κ2) is 8.15. The Morgan fingerprint density at radius 1 is 0.600 bits per heavy atom. The fourth-order valence-electron chi connectivity index (χ4n) is 2.40. The third-order valence-electron chi connectivity index (χ3n) is 3.90. The van der Waals surface area contributed by atoms with Crippen LogP contribution in [-0.4, -0.2) is 20.2 Å². The number of thioether (sulfide) groups is 1. The molecule has 2 aliphatic carbocycles. The topological polar surface area (TPSA) is 0 Å². The van der Waals surface area contributed by atoms with Gasteiger partial charge in [-0.15, -0.1) is 35.0 Å². The number of alkyl halides is 2. The van der Waals surface area contributed by atoms with Gasteiger partial charge in [-0.2, -0.15) is 0 Å². The molecule has 2 rings (SSSR count). The summed E-state index contributed by atoms with van der Waals surface area (Å²) in [5.74, 6) is 0. The number of halogens is 10. The van der Waals surface area contributed by atoms with E-state index in [-0.39, 0.29) is 40.3 Å². The van der Waals surface area contributed by atoms with Gasteiger partial charge in [-0.3, -0.25) is 0 Å². The van der Waals surface area contributed by atoms with E-state index >= 15 is 0 Å². The highest BCUT2D eigenvalue weighted by Gasteiger charge is 2.54. The predicted octanol–water partition coefficient (Wildman–Crippen LogP) is 9.24. The van der Waals surface area contributed by atoms with E-state index < -0.39 is 20.2 Å². The lowest BCUT2D eigenvalue weighted by Gasteiger charge is -2.46. The van der Waals surface area contributed by atoms with Gasteiger partial charge in [-0.1, -0.05) is 92.8 Å². The molecule has 0 N–H and O–H groups in total. The molecular formula is C14H8Cl10S. The van der Waals surface area contributed by atoms with Crippen LogP contribution < -0.4 is 0 Å². The quantitative estimate of drug-likeness (QED) is 0.302. The Labute approximate surface area is 200 Å². The van der Waals surface area contributed by atoms with E-state index in [1.54, 1.807) is 13.8 Å². The second-order valence-electron chi connectivity index (χ2n) is 5.62. The van der Waals surface area contributed by atoms with Gasteiger partial charge in [0.2, 0.25) is 0 Å². The maximum atomic E-state index is 6.53. The summed E-state index contributed by atoms with van der Waals surface area (Å²) < 4.78 is -2.01. The lowest BCUT2D eigenvalue weighted by Crippen LogP contribution is -2.46. The molecule has 4 atom stereocenters. The minimum absolute atomic E-state index is 0.100. The maximum Gasteiger partial charge on any atom is 0.0901 e. The molecule has 0 aliphatic heterocycles. The third-order valence-corrected chi connectivity index (χ3v) is 11.7. The van der Waals surface area contributed by atoms with Crippen molar-refractivity contribution in [3.63, 3.8) is 0 Å². The molecule has 0 heterocycles. The van der Waals surface area contributed by atoms with E-state index in [0.717, 1.165) is 0 Å². The molecule has 0 aromatic carbocycles. The summed E-state index contributed by atoms with van der Waals surface area (Å²) in [7, 11) is 0. The SMILES string of the molecule is CC1(SC2(C)C(Cl)=C(Cl)C(Cl)=C(Cl)C2Cl)C(Cl)=C(Cl)C(Cl)=C(Cl)C1Cl. The standard InChI is InChI=1S/C14H8Cl10S/c1-13(9(21)5(17)3(15)6(18)10(13)22)25-14(2)11(23)7(19)4(16)8(20)12(14)24/h9,11H,1-2H3. The van der Waals surface area contributed by atoms with Crippen molar-refractivity contribution in [2.75, 3.05) is 0 Å². The Hall–Kier alpha value is 2.21. The molecular weight excluding hydrogens is 555 g/mol. The molecule has 0 bridgehead atoms. The van der Waals surface area contributed by atoms with Crippen molar-refractivity contribution in [2.45, 2.75) is 34.1 Å². The Bertz CT molecular complexity index is 689. The Morgan fingerprint density at radius 3 is 1.16 bits per heavy atom. The zero-order valence-corrected chi connectivity index (χ0v) is 20.7. The number of hydrogen-bond donors (Lipinski definition) is 0. The monoisotopic (exact) mass is 558 g/mol. The minimum Gasteiger partial charge on any atom is -0.133 e. The summed E-state index contributed by atoms with van der Waals surface area (Å²) >= 11 is 64.3. The Balaban J connectivity index is 2.59. The van der Waals surface area contributed by atoms with Crippen molar-refractivity contribution in [3.8, 4) is 0 Å². The first-order valence-corrected chi connectivity index (χ1v) is 11.2. The van der Waals surface area contributed by atoms with Gasteiger partial charge in [0, 0.05) is 0 Å². The van der Waals surface area contributed by atoms with Crippen molar-refractivity contribution in [1.29, 1.82) is 0 Å². The zero-order valence-electron chi connectivity index (χ0n) is 12.3. The van der Waals surface area contributed by atoms with Gasteiger partial charge in [0.1, 0.15) is 0 Å². The van der Waals surface area contributed by atoms with Crippen LogP contribution in [0.4, 0.5) is 0 Å². The third kappa shape index (κ3) is 3.73. The maximum absolute atomic E-state index is 6.53. The fourth-order valence-corrected chi connectivity index (χ4v) is 7.74. The molecule has 0 nitrogen and oxygen atoms in total. The average molecular weight is 563 g/mol. The summed E-state index contributed by atoms with van der Waals surface area (Å²) in [5, 5.41) is -0.378. The molecule has 2 aliphatic rings. The smallest absolute Gasteiger partial charge is 0.0901 e. The highest BCUT2D eigenvalue weighted by Crippen LogP contribution is 2.61. The van der Waals surface area contributed by atoms with Crippen molar-refractivity contribution in [3.05, 3.63) is 40.3 Å². The molecule has 0 aromatic heterocycles. The Morgan fingerprint density at radius 2 is 0.880 bits per heavy atom. The van der Waals surface area contributed by atoms with Crippen molar-refractivity contribution in [1.82, 2.24) is 0 Å². The first-order chi connectivity index (χ1) is 11.3. The van der Waals surface area contributed by atoms with Crippen LogP contribution in [0.3, 0.4) is 0 Å². The van der Waals surface area contributed by atoms with Gasteiger partial charge in [0.25, 0.3) is 0 Å². The van der Waals surface area contributed by atoms with E-state index in [0.29, 0.717) is 0 Å². The van der Waals surface area contributed by atoms with Gasteiger partial charge in [-0.05, 0) is 13.8 Å². The molecule has 140 valence electrons. The number of allylic oxidation sites excluding steroid dienone is 6. The molecule has 0 amide bonds. The molecule has 0 saturated carbocycles. The van der Waals surface area contributed by atoms with Gasteiger partial charge in [0.15, 0.2) is 0 Å². The van der Waals surface area contributed by atoms with Crippen LogP contribution in [0, 0.1) is 0 Å². The van der Waals surface area contributed by atoms with Gasteiger partial charge < -0.3 is 0 Å². The van der Waals surface area contributed by atoms with E-state index in [1.165, 1.54) is 11.8 Å². The van der Waals surface area contributed by atoms with Crippen LogP contribution >= 0.6 is 128 Å². The normalized spacial score (nSPS) is 37.4. The first-order valence-electron chi connectivity index (χ1n) is 6.51. The van der Waals surface area contributed by atoms with Gasteiger partial charge >= 0.3 is 0 Å². The van der Waals surface area contributed by atoms with Crippen molar-refractivity contribution in [2.24, 2.45) is 0 Å². The van der Waals surface area contributed by atoms with E-state index in [2.05, 4.69) is 0 Å². The summed E-state index contributed by atoms with van der Waals surface area (Å²) in [6, 6.07) is 0. The highest BCUT2D eigenvalue weighted by molar-refractivity contribution is 8.02. The summed E-state index contributed by atoms with van der Waals surface area (Å²) in [4.78, 5) is 0. The van der Waals surface area contributed by atoms with E-state index in [1.807, 2.05) is 0 Å². The fraction of sp³-hybridized carbons (Fsp3) is 0.429. The molecule has 0 saturated heterocycles. The molecule has 0 fully saturated rings. The number of rotatable bonds is 2.